The molecule has 0 bridgehead atoms. The van der Waals surface area contributed by atoms with E-state index in [1.54, 1.807) is 0 Å². The van der Waals surface area contributed by atoms with Gasteiger partial charge in [-0.2, -0.15) is 0 Å². The molecule has 0 radical (unpaired) electrons. The fourth-order valence-electron chi connectivity index (χ4n) is 2.75. The van der Waals surface area contributed by atoms with Gasteiger partial charge in [0.1, 0.15) is 0 Å². The number of piperidine rings is 1. The SMILES string of the molecule is CN1C(C)(C)CC(NCC(=O)O)CC1(C)C.[H-].[Na+]. The second-order valence-electron chi connectivity index (χ2n) is 6.06. The summed E-state index contributed by atoms with van der Waals surface area (Å²) < 4.78 is 0. The number of hydrogen-bond acceptors (Lipinski definition) is 3. The summed E-state index contributed by atoms with van der Waals surface area (Å²) in [6.45, 7) is 8.90. The summed E-state index contributed by atoms with van der Waals surface area (Å²) >= 11 is 0. The van der Waals surface area contributed by atoms with Gasteiger partial charge in [-0.1, -0.05) is 0 Å². The van der Waals surface area contributed by atoms with E-state index < -0.39 is 5.97 Å². The monoisotopic (exact) mass is 252 g/mol. The molecular weight excluding hydrogens is 227 g/mol. The third-order valence-corrected chi connectivity index (χ3v) is 3.85. The normalized spacial score (nSPS) is 24.1. The quantitative estimate of drug-likeness (QED) is 0.596. The van der Waals surface area contributed by atoms with Crippen molar-refractivity contribution in [2.75, 3.05) is 13.6 Å². The van der Waals surface area contributed by atoms with Crippen molar-refractivity contribution in [2.45, 2.75) is 57.7 Å². The van der Waals surface area contributed by atoms with E-state index in [4.69, 9.17) is 5.11 Å². The number of likely N-dealkylation sites (tertiary alicyclic amines) is 1. The Hall–Kier alpha value is 0.390. The topological polar surface area (TPSA) is 52.6 Å². The fraction of sp³-hybridized carbons (Fsp3) is 0.917. The molecule has 2 N–H and O–H groups in total. The van der Waals surface area contributed by atoms with Crippen LogP contribution in [0.4, 0.5) is 0 Å². The van der Waals surface area contributed by atoms with Gasteiger partial charge in [-0.3, -0.25) is 9.69 Å². The standard InChI is InChI=1S/C12H24N2O2.Na.H/c1-11(2)6-9(13-8-10(15)16)7-12(3,4)14(11)5;;/h9,13H,6-8H2,1-5H3,(H,15,16);;/q;+1;-1. The molecule has 0 aromatic heterocycles. The van der Waals surface area contributed by atoms with Gasteiger partial charge in [-0.05, 0) is 47.6 Å². The van der Waals surface area contributed by atoms with E-state index in [1.807, 2.05) is 0 Å². The predicted molar refractivity (Wildman–Crippen MR) is 65.7 cm³/mol. The number of aliphatic carboxylic acids is 1. The van der Waals surface area contributed by atoms with Crippen molar-refractivity contribution in [1.82, 2.24) is 10.2 Å². The molecule has 1 aliphatic heterocycles. The van der Waals surface area contributed by atoms with Gasteiger partial charge in [-0.25, -0.2) is 0 Å². The van der Waals surface area contributed by atoms with Crippen molar-refractivity contribution in [3.8, 4) is 0 Å². The average Bonchev–Trinajstić information content (AvgIpc) is 2.10. The molecule has 0 aromatic carbocycles. The Morgan fingerprint density at radius 2 is 1.76 bits per heavy atom. The second kappa shape index (κ2) is 6.02. The predicted octanol–water partition coefficient (Wildman–Crippen LogP) is -1.57. The van der Waals surface area contributed by atoms with Crippen molar-refractivity contribution in [3.63, 3.8) is 0 Å². The van der Waals surface area contributed by atoms with E-state index in [-0.39, 0.29) is 54.6 Å². The summed E-state index contributed by atoms with van der Waals surface area (Å²) in [5.74, 6) is -0.783. The first-order chi connectivity index (χ1) is 7.15. The third-order valence-electron chi connectivity index (χ3n) is 3.85. The maximum atomic E-state index is 10.6. The summed E-state index contributed by atoms with van der Waals surface area (Å²) in [5.41, 5.74) is 0.218. The first-order valence-electron chi connectivity index (χ1n) is 5.84. The minimum Gasteiger partial charge on any atom is -1.00 e. The summed E-state index contributed by atoms with van der Waals surface area (Å²) in [6.07, 6.45) is 1.97. The van der Waals surface area contributed by atoms with E-state index in [9.17, 15) is 4.79 Å². The fourth-order valence-corrected chi connectivity index (χ4v) is 2.75. The van der Waals surface area contributed by atoms with Crippen LogP contribution in [0, 0.1) is 0 Å². The molecule has 0 aromatic rings. The molecule has 1 fully saturated rings. The van der Waals surface area contributed by atoms with E-state index in [0.717, 1.165) is 12.8 Å². The zero-order chi connectivity index (χ0) is 12.6. The maximum Gasteiger partial charge on any atom is 1.00 e. The summed E-state index contributed by atoms with van der Waals surface area (Å²) in [6, 6.07) is 0.289. The van der Waals surface area contributed by atoms with Crippen molar-refractivity contribution < 1.29 is 40.9 Å². The van der Waals surface area contributed by atoms with Gasteiger partial charge in [0.15, 0.2) is 0 Å². The smallest absolute Gasteiger partial charge is 1.00 e. The number of hydrogen-bond donors (Lipinski definition) is 2. The number of carboxylic acids is 1. The molecule has 1 saturated heterocycles. The van der Waals surface area contributed by atoms with Gasteiger partial charge in [0.05, 0.1) is 6.54 Å². The first-order valence-corrected chi connectivity index (χ1v) is 5.84. The molecule has 0 saturated carbocycles. The Balaban J connectivity index is 0. The summed E-state index contributed by atoms with van der Waals surface area (Å²) in [7, 11) is 2.15. The van der Waals surface area contributed by atoms with E-state index in [1.165, 1.54) is 0 Å². The molecule has 0 unspecified atom stereocenters. The summed E-state index contributed by atoms with van der Waals surface area (Å²) in [5, 5.41) is 11.8. The minimum absolute atomic E-state index is 0. The van der Waals surface area contributed by atoms with Gasteiger partial charge in [0.25, 0.3) is 0 Å². The first kappa shape index (κ1) is 17.4. The van der Waals surface area contributed by atoms with Crippen molar-refractivity contribution in [2.24, 2.45) is 0 Å². The largest absolute Gasteiger partial charge is 1.00 e. The van der Waals surface area contributed by atoms with Gasteiger partial charge in [-0.15, -0.1) is 0 Å². The van der Waals surface area contributed by atoms with Gasteiger partial charge in [0.2, 0.25) is 0 Å². The van der Waals surface area contributed by atoms with Crippen LogP contribution in [0.25, 0.3) is 0 Å². The van der Waals surface area contributed by atoms with E-state index >= 15 is 0 Å². The molecule has 1 heterocycles. The van der Waals surface area contributed by atoms with Crippen LogP contribution in [0.15, 0.2) is 0 Å². The van der Waals surface area contributed by atoms with Gasteiger partial charge >= 0.3 is 35.5 Å². The molecule has 4 nitrogen and oxygen atoms in total. The molecule has 0 aliphatic carbocycles. The molecule has 96 valence electrons. The number of rotatable bonds is 3. The summed E-state index contributed by atoms with van der Waals surface area (Å²) in [4.78, 5) is 12.9. The van der Waals surface area contributed by atoms with Crippen LogP contribution >= 0.6 is 0 Å². The second-order valence-corrected chi connectivity index (χ2v) is 6.06. The van der Waals surface area contributed by atoms with Gasteiger partial charge < -0.3 is 11.8 Å². The number of carboxylic acid groups (broad SMARTS) is 1. The van der Waals surface area contributed by atoms with Crippen LogP contribution in [-0.2, 0) is 4.79 Å². The number of carbonyl (C=O) groups is 1. The van der Waals surface area contributed by atoms with Gasteiger partial charge in [0, 0.05) is 17.1 Å². The maximum absolute atomic E-state index is 10.6. The number of nitrogens with zero attached hydrogens (tertiary/aromatic N) is 1. The third kappa shape index (κ3) is 4.52. The van der Waals surface area contributed by atoms with Crippen LogP contribution in [0.3, 0.4) is 0 Å². The Labute approximate surface area is 128 Å². The van der Waals surface area contributed by atoms with Crippen LogP contribution in [0.1, 0.15) is 42.0 Å². The number of nitrogens with one attached hydrogen (secondary N) is 1. The van der Waals surface area contributed by atoms with Crippen LogP contribution in [0.2, 0.25) is 0 Å². The van der Waals surface area contributed by atoms with Crippen molar-refractivity contribution in [3.05, 3.63) is 0 Å². The molecular formula is C12H25N2NaO2. The Morgan fingerprint density at radius 3 is 2.12 bits per heavy atom. The zero-order valence-corrected chi connectivity index (χ0v) is 14.0. The van der Waals surface area contributed by atoms with Crippen LogP contribution in [0.5, 0.6) is 0 Å². The van der Waals surface area contributed by atoms with Crippen molar-refractivity contribution in [1.29, 1.82) is 0 Å². The minimum atomic E-state index is -0.783. The van der Waals surface area contributed by atoms with Crippen molar-refractivity contribution >= 4 is 5.97 Å². The molecule has 5 heteroatoms. The molecule has 0 atom stereocenters. The molecule has 17 heavy (non-hydrogen) atoms. The molecule has 0 amide bonds. The Kier molecular flexibility index (Phi) is 6.16. The molecule has 1 rings (SSSR count). The van der Waals surface area contributed by atoms with E-state index in [2.05, 4.69) is 45.0 Å². The molecule has 1 aliphatic rings. The van der Waals surface area contributed by atoms with Crippen LogP contribution in [-0.4, -0.2) is 46.7 Å². The Morgan fingerprint density at radius 1 is 1.35 bits per heavy atom. The Bertz CT molecular complexity index is 267. The van der Waals surface area contributed by atoms with Crippen LogP contribution < -0.4 is 34.9 Å². The molecule has 0 spiro atoms. The zero-order valence-electron chi connectivity index (χ0n) is 13.0. The van der Waals surface area contributed by atoms with E-state index in [0.29, 0.717) is 0 Å². The average molecular weight is 252 g/mol.